The minimum atomic E-state index is 0.276. The summed E-state index contributed by atoms with van der Waals surface area (Å²) in [7, 11) is 0. The van der Waals surface area contributed by atoms with E-state index >= 15 is 0 Å². The van der Waals surface area contributed by atoms with Gasteiger partial charge in [0.15, 0.2) is 0 Å². The summed E-state index contributed by atoms with van der Waals surface area (Å²) >= 11 is 0. The second-order valence-corrected chi connectivity index (χ2v) is 9.03. The average molecular weight is 321 g/mol. The fourth-order valence-corrected chi connectivity index (χ4v) is 6.47. The molecule has 0 amide bonds. The van der Waals surface area contributed by atoms with E-state index in [-0.39, 0.29) is 5.41 Å². The van der Waals surface area contributed by atoms with Gasteiger partial charge < -0.3 is 4.74 Å². The summed E-state index contributed by atoms with van der Waals surface area (Å²) in [5, 5.41) is 0. The van der Waals surface area contributed by atoms with Crippen molar-refractivity contribution >= 4 is 0 Å². The van der Waals surface area contributed by atoms with Crippen LogP contribution in [0.4, 0.5) is 0 Å². The maximum Gasteiger partial charge on any atom is 0.130 e. The van der Waals surface area contributed by atoms with Crippen LogP contribution in [0.1, 0.15) is 49.3 Å². The van der Waals surface area contributed by atoms with Gasteiger partial charge in [0.2, 0.25) is 0 Å². The van der Waals surface area contributed by atoms with E-state index in [4.69, 9.17) is 4.74 Å². The van der Waals surface area contributed by atoms with Crippen molar-refractivity contribution in [3.8, 4) is 5.75 Å². The molecule has 1 aromatic rings. The Balaban J connectivity index is 1.54. The van der Waals surface area contributed by atoms with Crippen molar-refractivity contribution in [1.82, 2.24) is 4.90 Å². The number of piperidine rings is 1. The number of hydrogen-bond donors (Lipinski definition) is 0. The van der Waals surface area contributed by atoms with Crippen molar-refractivity contribution in [2.45, 2.75) is 63.5 Å². The van der Waals surface area contributed by atoms with Gasteiger partial charge in [-0.15, -0.1) is 0 Å². The number of allylic oxidation sites excluding steroid dienone is 1. The van der Waals surface area contributed by atoms with Crippen molar-refractivity contribution in [3.63, 3.8) is 0 Å². The lowest BCUT2D eigenvalue weighted by atomic mass is 9.52. The van der Waals surface area contributed by atoms with E-state index < -0.39 is 0 Å². The summed E-state index contributed by atoms with van der Waals surface area (Å²) in [4.78, 5) is 2.86. The van der Waals surface area contributed by atoms with Crippen LogP contribution in [0, 0.1) is 18.8 Å². The van der Waals surface area contributed by atoms with Gasteiger partial charge >= 0.3 is 0 Å². The molecule has 0 N–H and O–H groups in total. The van der Waals surface area contributed by atoms with Crippen LogP contribution in [0.25, 0.3) is 0 Å². The van der Waals surface area contributed by atoms with Gasteiger partial charge in [-0.3, -0.25) is 4.90 Å². The summed E-state index contributed by atoms with van der Waals surface area (Å²) in [6, 6.07) is 5.44. The van der Waals surface area contributed by atoms with Crippen LogP contribution in [0.3, 0.4) is 0 Å². The first-order chi connectivity index (χ1) is 11.7. The molecule has 0 radical (unpaired) electrons. The molecule has 1 spiro atoms. The van der Waals surface area contributed by atoms with E-state index in [1.807, 2.05) is 0 Å². The third-order valence-electron chi connectivity index (χ3n) is 7.74. The van der Waals surface area contributed by atoms with Crippen LogP contribution >= 0.6 is 0 Å². The molecular formula is C22H27NO. The topological polar surface area (TPSA) is 12.5 Å². The van der Waals surface area contributed by atoms with Gasteiger partial charge in [-0.05, 0) is 81.0 Å². The lowest BCUT2D eigenvalue weighted by molar-refractivity contribution is -0.0218. The molecule has 2 aliphatic heterocycles. The largest absolute Gasteiger partial charge is 0.485 e. The maximum atomic E-state index is 6.66. The lowest BCUT2D eigenvalue weighted by Crippen LogP contribution is -2.64. The molecule has 1 saturated carbocycles. The number of hydrogen-bond acceptors (Lipinski definition) is 2. The van der Waals surface area contributed by atoms with Gasteiger partial charge in [0.05, 0.1) is 0 Å². The van der Waals surface area contributed by atoms with Crippen LogP contribution in [0.2, 0.25) is 0 Å². The van der Waals surface area contributed by atoms with Crippen LogP contribution in [-0.2, 0) is 11.8 Å². The minimum absolute atomic E-state index is 0.276. The summed E-state index contributed by atoms with van der Waals surface area (Å²) in [5.41, 5.74) is 6.30. The molecule has 24 heavy (non-hydrogen) atoms. The fraction of sp³-hybridized carbons (Fsp3) is 0.636. The summed E-state index contributed by atoms with van der Waals surface area (Å²) in [5.74, 6) is 2.99. The van der Waals surface area contributed by atoms with Gasteiger partial charge in [0.1, 0.15) is 11.9 Å². The molecule has 4 atom stereocenters. The zero-order chi connectivity index (χ0) is 16.1. The number of aryl methyl sites for hydroxylation is 1. The molecule has 3 unspecified atom stereocenters. The minimum Gasteiger partial charge on any atom is -0.485 e. The molecule has 0 aromatic heterocycles. The Morgan fingerprint density at radius 2 is 2.12 bits per heavy atom. The first-order valence-corrected chi connectivity index (χ1v) is 9.89. The second kappa shape index (κ2) is 4.46. The van der Waals surface area contributed by atoms with Gasteiger partial charge in [-0.25, -0.2) is 0 Å². The van der Waals surface area contributed by atoms with Crippen molar-refractivity contribution in [3.05, 3.63) is 40.5 Å². The van der Waals surface area contributed by atoms with Crippen molar-refractivity contribution in [2.75, 3.05) is 13.1 Å². The van der Waals surface area contributed by atoms with E-state index in [9.17, 15) is 0 Å². The van der Waals surface area contributed by atoms with Gasteiger partial charge in [-0.1, -0.05) is 18.2 Å². The van der Waals surface area contributed by atoms with Gasteiger partial charge in [-0.2, -0.15) is 0 Å². The van der Waals surface area contributed by atoms with Crippen molar-refractivity contribution in [2.24, 2.45) is 11.8 Å². The van der Waals surface area contributed by atoms with E-state index in [0.29, 0.717) is 6.10 Å². The van der Waals surface area contributed by atoms with Gasteiger partial charge in [0.25, 0.3) is 0 Å². The van der Waals surface area contributed by atoms with Crippen molar-refractivity contribution < 1.29 is 4.74 Å². The summed E-state index contributed by atoms with van der Waals surface area (Å²) < 4.78 is 6.66. The molecule has 1 saturated heterocycles. The Bertz CT molecular complexity index is 761. The molecule has 2 bridgehead atoms. The molecule has 5 aliphatic rings. The van der Waals surface area contributed by atoms with E-state index in [1.54, 1.807) is 11.1 Å². The number of ether oxygens (including phenoxy) is 1. The van der Waals surface area contributed by atoms with Crippen LogP contribution in [0.15, 0.2) is 23.8 Å². The number of nitrogens with zero attached hydrogens (tertiary/aromatic N) is 1. The van der Waals surface area contributed by atoms with Crippen molar-refractivity contribution in [1.29, 1.82) is 0 Å². The van der Waals surface area contributed by atoms with Crippen LogP contribution < -0.4 is 4.74 Å². The highest BCUT2D eigenvalue weighted by Crippen LogP contribution is 2.62. The molecule has 2 fully saturated rings. The molecular weight excluding hydrogens is 294 g/mol. The molecule has 6 rings (SSSR count). The predicted molar refractivity (Wildman–Crippen MR) is 95.5 cm³/mol. The Kier molecular flexibility index (Phi) is 2.59. The first kappa shape index (κ1) is 13.9. The quantitative estimate of drug-likeness (QED) is 0.763. The Morgan fingerprint density at radius 3 is 2.96 bits per heavy atom. The summed E-state index contributed by atoms with van der Waals surface area (Å²) in [6.07, 6.45) is 9.51. The molecule has 126 valence electrons. The zero-order valence-electron chi connectivity index (χ0n) is 14.8. The third-order valence-corrected chi connectivity index (χ3v) is 7.74. The molecule has 3 aliphatic carbocycles. The molecule has 2 nitrogen and oxygen atoms in total. The SMILES string of the molecule is CC1=CCC2[C@@H]3Cc4ccc(C)c5c4C2(CCN3CC2CC2)C1O5. The van der Waals surface area contributed by atoms with E-state index in [2.05, 4.69) is 37.0 Å². The van der Waals surface area contributed by atoms with Crippen LogP contribution in [-0.4, -0.2) is 30.1 Å². The molecule has 2 heterocycles. The number of benzene rings is 1. The van der Waals surface area contributed by atoms with Gasteiger partial charge in [0, 0.05) is 23.6 Å². The maximum absolute atomic E-state index is 6.66. The lowest BCUT2D eigenvalue weighted by Gasteiger charge is -2.58. The highest BCUT2D eigenvalue weighted by atomic mass is 16.5. The standard InChI is InChI=1S/C22H27NO/c1-13-3-7-16-11-18-17-8-4-14(2)21-22(17,19(16)20(13)24-21)9-10-23(18)12-15-5-6-15/h3-4,7,15,17-18,21H,5-6,8-12H2,1-2H3/t17?,18-,21?,22?/m0/s1. The Hall–Kier alpha value is -1.28. The second-order valence-electron chi connectivity index (χ2n) is 9.03. The fourth-order valence-electron chi connectivity index (χ4n) is 6.47. The van der Waals surface area contributed by atoms with Crippen LogP contribution in [0.5, 0.6) is 5.75 Å². The average Bonchev–Trinajstić information content (AvgIpc) is 3.32. The van der Waals surface area contributed by atoms with E-state index in [1.165, 1.54) is 62.1 Å². The Morgan fingerprint density at radius 1 is 1.25 bits per heavy atom. The highest BCUT2D eigenvalue weighted by Gasteiger charge is 2.63. The normalized spacial score (nSPS) is 39.2. The number of likely N-dealkylation sites (tertiary alicyclic amines) is 1. The molecule has 2 heteroatoms. The third kappa shape index (κ3) is 1.57. The molecule has 1 aromatic carbocycles. The highest BCUT2D eigenvalue weighted by molar-refractivity contribution is 5.59. The smallest absolute Gasteiger partial charge is 0.130 e. The monoisotopic (exact) mass is 321 g/mol. The summed E-state index contributed by atoms with van der Waals surface area (Å²) in [6.45, 7) is 7.15. The predicted octanol–water partition coefficient (Wildman–Crippen LogP) is 4.00. The first-order valence-electron chi connectivity index (χ1n) is 9.89. The van der Waals surface area contributed by atoms with E-state index in [0.717, 1.165) is 17.9 Å². The zero-order valence-corrected chi connectivity index (χ0v) is 14.8. The number of rotatable bonds is 2. The Labute approximate surface area is 144 Å².